The Bertz CT molecular complexity index is 590. The Morgan fingerprint density at radius 2 is 2.00 bits per heavy atom. The lowest BCUT2D eigenvalue weighted by Gasteiger charge is -2.21. The van der Waals surface area contributed by atoms with Gasteiger partial charge in [-0.25, -0.2) is 0 Å². The lowest BCUT2D eigenvalue weighted by Crippen LogP contribution is -2.23. The van der Waals surface area contributed by atoms with Gasteiger partial charge in [0.05, 0.1) is 11.7 Å². The quantitative estimate of drug-likeness (QED) is 0.911. The number of aromatic nitrogens is 1. The van der Waals surface area contributed by atoms with Gasteiger partial charge in [-0.15, -0.1) is 0 Å². The van der Waals surface area contributed by atoms with Gasteiger partial charge in [0, 0.05) is 18.3 Å². The van der Waals surface area contributed by atoms with Crippen molar-refractivity contribution in [2.45, 2.75) is 45.4 Å². The first-order chi connectivity index (χ1) is 10.2. The second kappa shape index (κ2) is 6.20. The summed E-state index contributed by atoms with van der Waals surface area (Å²) in [6.07, 6.45) is -3.19. The lowest BCUT2D eigenvalue weighted by atomic mass is 9.89. The monoisotopic (exact) mass is 313 g/mol. The number of allylic oxidation sites excluding steroid dienone is 1. The average molecular weight is 313 g/mol. The van der Waals surface area contributed by atoms with Gasteiger partial charge in [-0.3, -0.25) is 9.78 Å². The number of aliphatic hydroxyl groups is 1. The molecule has 1 heterocycles. The first-order valence-electron chi connectivity index (χ1n) is 7.11. The van der Waals surface area contributed by atoms with E-state index in [1.807, 2.05) is 0 Å². The van der Waals surface area contributed by atoms with Gasteiger partial charge in [-0.1, -0.05) is 0 Å². The summed E-state index contributed by atoms with van der Waals surface area (Å²) < 4.78 is 37.5. The number of carbonyl (C=O) groups excluding carboxylic acids is 1. The van der Waals surface area contributed by atoms with Crippen LogP contribution in [0.25, 0.3) is 0 Å². The number of pyridine rings is 1. The molecule has 0 fully saturated rings. The molecule has 22 heavy (non-hydrogen) atoms. The largest absolute Gasteiger partial charge is 0.417 e. The van der Waals surface area contributed by atoms with Crippen LogP contribution in [0.2, 0.25) is 0 Å². The fourth-order valence-electron chi connectivity index (χ4n) is 2.65. The third-order valence-electron chi connectivity index (χ3n) is 4.27. The summed E-state index contributed by atoms with van der Waals surface area (Å²) in [5.74, 6) is -0.204. The molecule has 1 aliphatic rings. The first kappa shape index (κ1) is 16.7. The van der Waals surface area contributed by atoms with E-state index in [2.05, 4.69) is 4.98 Å². The van der Waals surface area contributed by atoms with Gasteiger partial charge in [-0.2, -0.15) is 13.2 Å². The van der Waals surface area contributed by atoms with Crippen molar-refractivity contribution >= 4 is 5.78 Å². The van der Waals surface area contributed by atoms with Crippen molar-refractivity contribution in [1.82, 2.24) is 4.98 Å². The zero-order valence-electron chi connectivity index (χ0n) is 12.4. The molecule has 0 saturated heterocycles. The number of halogens is 3. The molecule has 0 spiro atoms. The van der Waals surface area contributed by atoms with E-state index in [-0.39, 0.29) is 11.7 Å². The zero-order chi connectivity index (χ0) is 16.5. The maximum absolute atomic E-state index is 12.5. The van der Waals surface area contributed by atoms with Crippen molar-refractivity contribution in [3.8, 4) is 0 Å². The molecule has 120 valence electrons. The van der Waals surface area contributed by atoms with Gasteiger partial charge in [0.2, 0.25) is 0 Å². The summed E-state index contributed by atoms with van der Waals surface area (Å²) in [4.78, 5) is 15.6. The smallest absolute Gasteiger partial charge is 0.388 e. The van der Waals surface area contributed by atoms with Crippen LogP contribution in [0.5, 0.6) is 0 Å². The van der Waals surface area contributed by atoms with Crippen LogP contribution in [-0.2, 0) is 17.4 Å². The summed E-state index contributed by atoms with van der Waals surface area (Å²) in [7, 11) is 0. The van der Waals surface area contributed by atoms with Crippen molar-refractivity contribution < 1.29 is 23.1 Å². The number of rotatable bonds is 2. The number of aliphatic hydroxyl groups excluding tert-OH is 1. The molecule has 1 aliphatic carbocycles. The maximum Gasteiger partial charge on any atom is 0.417 e. The van der Waals surface area contributed by atoms with Gasteiger partial charge in [0.1, 0.15) is 0 Å². The van der Waals surface area contributed by atoms with Crippen molar-refractivity contribution in [3.63, 3.8) is 0 Å². The summed E-state index contributed by atoms with van der Waals surface area (Å²) in [5, 5.41) is 10.3. The molecular formula is C16H18F3NO2. The fourth-order valence-corrected chi connectivity index (χ4v) is 2.65. The second-order valence-corrected chi connectivity index (χ2v) is 5.71. The third kappa shape index (κ3) is 3.55. The van der Waals surface area contributed by atoms with Crippen molar-refractivity contribution in [2.75, 3.05) is 0 Å². The highest BCUT2D eigenvalue weighted by atomic mass is 19.4. The van der Waals surface area contributed by atoms with Gasteiger partial charge in [-0.05, 0) is 55.9 Å². The third-order valence-corrected chi connectivity index (χ3v) is 4.27. The Hall–Kier alpha value is -1.69. The van der Waals surface area contributed by atoms with Crippen LogP contribution in [0, 0.1) is 5.92 Å². The summed E-state index contributed by atoms with van der Waals surface area (Å²) in [6, 6.07) is 2.32. The van der Waals surface area contributed by atoms with Gasteiger partial charge in [0.25, 0.3) is 0 Å². The number of ketones is 1. The van der Waals surface area contributed by atoms with E-state index in [9.17, 15) is 23.1 Å². The van der Waals surface area contributed by atoms with E-state index in [4.69, 9.17) is 0 Å². The molecule has 2 rings (SSSR count). The summed E-state index contributed by atoms with van der Waals surface area (Å²) >= 11 is 0. The maximum atomic E-state index is 12.5. The Kier molecular flexibility index (Phi) is 4.70. The zero-order valence-corrected chi connectivity index (χ0v) is 12.4. The van der Waals surface area contributed by atoms with Crippen LogP contribution in [-0.4, -0.2) is 22.0 Å². The minimum Gasteiger partial charge on any atom is -0.388 e. The number of nitrogens with zero attached hydrogens (tertiary/aromatic N) is 1. The first-order valence-corrected chi connectivity index (χ1v) is 7.11. The van der Waals surface area contributed by atoms with E-state index >= 15 is 0 Å². The van der Waals surface area contributed by atoms with Gasteiger partial charge < -0.3 is 5.11 Å². The van der Waals surface area contributed by atoms with Crippen LogP contribution >= 0.6 is 0 Å². The van der Waals surface area contributed by atoms with Crippen molar-refractivity contribution in [2.24, 2.45) is 5.92 Å². The highest BCUT2D eigenvalue weighted by Gasteiger charge is 2.31. The lowest BCUT2D eigenvalue weighted by molar-refractivity contribution is -0.137. The SMILES string of the molecule is CC1=C(C)C(O)C(Cc2ccc(C(F)(F)F)cn2)CCC1=O. The standard InChI is InChI=1S/C16H18F3NO2/c1-9-10(2)15(22)11(3-6-14(9)21)7-13-5-4-12(8-20-13)16(17,18)19/h4-5,8,11,15,22H,3,6-7H2,1-2H3. The predicted molar refractivity (Wildman–Crippen MR) is 75.1 cm³/mol. The van der Waals surface area contributed by atoms with E-state index in [0.717, 1.165) is 12.3 Å². The van der Waals surface area contributed by atoms with E-state index in [1.165, 1.54) is 6.07 Å². The molecule has 2 atom stereocenters. The number of hydrogen-bond donors (Lipinski definition) is 1. The average Bonchev–Trinajstić information content (AvgIpc) is 2.55. The topological polar surface area (TPSA) is 50.2 Å². The normalized spacial score (nSPS) is 23.6. The van der Waals surface area contributed by atoms with Crippen LogP contribution in [0.15, 0.2) is 29.5 Å². The number of carbonyl (C=O) groups is 1. The highest BCUT2D eigenvalue weighted by Crippen LogP contribution is 2.31. The highest BCUT2D eigenvalue weighted by molar-refractivity contribution is 5.95. The number of Topliss-reactive ketones (excluding diaryl/α,β-unsaturated/α-hetero) is 1. The van der Waals surface area contributed by atoms with Crippen LogP contribution in [0.3, 0.4) is 0 Å². The molecule has 1 N–H and O–H groups in total. The molecule has 2 unspecified atom stereocenters. The van der Waals surface area contributed by atoms with Crippen molar-refractivity contribution in [1.29, 1.82) is 0 Å². The second-order valence-electron chi connectivity index (χ2n) is 5.71. The fraction of sp³-hybridized carbons (Fsp3) is 0.500. The van der Waals surface area contributed by atoms with Gasteiger partial charge in [0.15, 0.2) is 5.78 Å². The molecule has 0 radical (unpaired) electrons. The number of hydrogen-bond acceptors (Lipinski definition) is 3. The molecule has 6 heteroatoms. The molecule has 0 bridgehead atoms. The minimum absolute atomic E-state index is 0.0134. The molecular weight excluding hydrogens is 295 g/mol. The molecule has 3 nitrogen and oxygen atoms in total. The molecule has 0 saturated carbocycles. The minimum atomic E-state index is -4.41. The molecule has 0 aromatic carbocycles. The predicted octanol–water partition coefficient (Wildman–Crippen LogP) is 3.32. The Morgan fingerprint density at radius 3 is 2.55 bits per heavy atom. The van der Waals surface area contributed by atoms with E-state index in [1.54, 1.807) is 13.8 Å². The van der Waals surface area contributed by atoms with Gasteiger partial charge >= 0.3 is 6.18 Å². The molecule has 1 aromatic heterocycles. The Balaban J connectivity index is 2.15. The molecule has 0 amide bonds. The molecule has 0 aliphatic heterocycles. The number of alkyl halides is 3. The summed E-state index contributed by atoms with van der Waals surface area (Å²) in [6.45, 7) is 3.41. The van der Waals surface area contributed by atoms with Crippen LogP contribution < -0.4 is 0 Å². The van der Waals surface area contributed by atoms with Crippen LogP contribution in [0.1, 0.15) is 37.9 Å². The molecule has 1 aromatic rings. The van der Waals surface area contributed by atoms with E-state index in [0.29, 0.717) is 36.1 Å². The van der Waals surface area contributed by atoms with Crippen LogP contribution in [0.4, 0.5) is 13.2 Å². The Labute approximate surface area is 126 Å². The Morgan fingerprint density at radius 1 is 1.32 bits per heavy atom. The van der Waals surface area contributed by atoms with Crippen molar-refractivity contribution in [3.05, 3.63) is 40.7 Å². The summed E-state index contributed by atoms with van der Waals surface area (Å²) in [5.41, 5.74) is 0.909. The van der Waals surface area contributed by atoms with E-state index < -0.39 is 17.8 Å².